The third kappa shape index (κ3) is 4.61. The van der Waals surface area contributed by atoms with Crippen molar-refractivity contribution in [3.63, 3.8) is 0 Å². The molecule has 2 bridgehead atoms. The lowest BCUT2D eigenvalue weighted by Crippen LogP contribution is -2.48. The van der Waals surface area contributed by atoms with Gasteiger partial charge in [0.05, 0.1) is 0 Å². The van der Waals surface area contributed by atoms with Gasteiger partial charge in [-0.3, -0.25) is 4.79 Å². The monoisotopic (exact) mass is 358 g/mol. The van der Waals surface area contributed by atoms with E-state index >= 15 is 0 Å². The maximum absolute atomic E-state index is 13.5. The van der Waals surface area contributed by atoms with E-state index in [9.17, 15) is 9.18 Å². The molecule has 2 aliphatic rings. The normalized spacial score (nSPS) is 25.7. The van der Waals surface area contributed by atoms with Crippen molar-refractivity contribution >= 4 is 30.1 Å². The number of hydrogen-bond acceptors (Lipinski definition) is 3. The summed E-state index contributed by atoms with van der Waals surface area (Å²) in [6, 6.07) is 8.27. The summed E-state index contributed by atoms with van der Waals surface area (Å²) in [5.41, 5.74) is 0. The molecule has 0 radical (unpaired) electrons. The second-order valence-corrected chi connectivity index (χ2v) is 7.43. The highest BCUT2D eigenvalue weighted by atomic mass is 35.5. The number of nitrogens with one attached hydrogen (secondary N) is 1. The highest BCUT2D eigenvalue weighted by Crippen LogP contribution is 2.30. The molecule has 2 fully saturated rings. The molecule has 3 nitrogen and oxygen atoms in total. The summed E-state index contributed by atoms with van der Waals surface area (Å²) in [6.45, 7) is 0. The second kappa shape index (κ2) is 8.36. The van der Waals surface area contributed by atoms with Gasteiger partial charge in [0.2, 0.25) is 5.91 Å². The Morgan fingerprint density at radius 2 is 1.96 bits per heavy atom. The molecule has 3 rings (SSSR count). The van der Waals surface area contributed by atoms with Crippen molar-refractivity contribution in [2.45, 2.75) is 55.1 Å². The van der Waals surface area contributed by atoms with Gasteiger partial charge < -0.3 is 10.2 Å². The van der Waals surface area contributed by atoms with E-state index in [0.29, 0.717) is 35.2 Å². The molecule has 2 unspecified atom stereocenters. The van der Waals surface area contributed by atoms with Gasteiger partial charge in [-0.1, -0.05) is 12.1 Å². The SMILES string of the molecule is CN(C(=O)CCSc1ccccc1F)C1CC2CCC(C1)N2.Cl. The van der Waals surface area contributed by atoms with Crippen LogP contribution >= 0.6 is 24.2 Å². The van der Waals surface area contributed by atoms with Crippen LogP contribution in [0.4, 0.5) is 4.39 Å². The zero-order valence-corrected chi connectivity index (χ0v) is 15.0. The first-order valence-electron chi connectivity index (χ1n) is 8.02. The number of halogens is 2. The van der Waals surface area contributed by atoms with Crippen LogP contribution in [0.1, 0.15) is 32.1 Å². The Hall–Kier alpha value is -0.780. The summed E-state index contributed by atoms with van der Waals surface area (Å²) in [5, 5.41) is 3.60. The number of piperidine rings is 1. The number of amides is 1. The second-order valence-electron chi connectivity index (χ2n) is 6.30. The van der Waals surface area contributed by atoms with Gasteiger partial charge in [-0.25, -0.2) is 4.39 Å². The van der Waals surface area contributed by atoms with Crippen molar-refractivity contribution in [3.8, 4) is 0 Å². The Bertz CT molecular complexity index is 533. The number of nitrogens with zero attached hydrogens (tertiary/aromatic N) is 1. The number of carbonyl (C=O) groups is 1. The summed E-state index contributed by atoms with van der Waals surface area (Å²) in [5.74, 6) is 0.598. The molecule has 2 saturated heterocycles. The fourth-order valence-corrected chi connectivity index (χ4v) is 4.41. The van der Waals surface area contributed by atoms with Gasteiger partial charge in [-0.15, -0.1) is 24.2 Å². The lowest BCUT2D eigenvalue weighted by atomic mass is 9.98. The molecule has 1 aromatic rings. The van der Waals surface area contributed by atoms with Crippen LogP contribution in [0.3, 0.4) is 0 Å². The maximum atomic E-state index is 13.5. The molecule has 23 heavy (non-hydrogen) atoms. The molecule has 0 aromatic heterocycles. The summed E-state index contributed by atoms with van der Waals surface area (Å²) >= 11 is 1.42. The van der Waals surface area contributed by atoms with Crippen LogP contribution < -0.4 is 5.32 Å². The Labute approximate surface area is 147 Å². The van der Waals surface area contributed by atoms with E-state index in [-0.39, 0.29) is 24.1 Å². The predicted octanol–water partition coefficient (Wildman–Crippen LogP) is 3.47. The molecule has 2 aliphatic heterocycles. The van der Waals surface area contributed by atoms with E-state index in [4.69, 9.17) is 0 Å². The van der Waals surface area contributed by atoms with Gasteiger partial charge in [-0.2, -0.15) is 0 Å². The van der Waals surface area contributed by atoms with Crippen LogP contribution in [-0.4, -0.2) is 41.7 Å². The molecule has 2 heterocycles. The van der Waals surface area contributed by atoms with E-state index in [1.165, 1.54) is 30.7 Å². The zero-order valence-electron chi connectivity index (χ0n) is 13.3. The van der Waals surface area contributed by atoms with Crippen molar-refractivity contribution in [1.29, 1.82) is 0 Å². The lowest BCUT2D eigenvalue weighted by Gasteiger charge is -2.35. The number of benzene rings is 1. The molecule has 2 atom stereocenters. The standard InChI is InChI=1S/C17H23FN2OS.ClH/c1-20(14-10-12-6-7-13(11-14)19-12)17(21)8-9-22-16-5-3-2-4-15(16)18;/h2-5,12-14,19H,6-11H2,1H3;1H. The fourth-order valence-electron chi connectivity index (χ4n) is 3.53. The van der Waals surface area contributed by atoms with Gasteiger partial charge in [0, 0.05) is 42.2 Å². The summed E-state index contributed by atoms with van der Waals surface area (Å²) in [4.78, 5) is 14.9. The third-order valence-corrected chi connectivity index (χ3v) is 5.85. The summed E-state index contributed by atoms with van der Waals surface area (Å²) in [7, 11) is 1.92. The van der Waals surface area contributed by atoms with Gasteiger partial charge >= 0.3 is 0 Å². The fraction of sp³-hybridized carbons (Fsp3) is 0.588. The molecule has 0 saturated carbocycles. The highest BCUT2D eigenvalue weighted by molar-refractivity contribution is 7.99. The van der Waals surface area contributed by atoms with E-state index < -0.39 is 0 Å². The first-order valence-corrected chi connectivity index (χ1v) is 9.01. The van der Waals surface area contributed by atoms with Crippen molar-refractivity contribution < 1.29 is 9.18 Å². The Balaban J connectivity index is 0.00000192. The molecule has 1 aromatic carbocycles. The number of fused-ring (bicyclic) bond motifs is 2. The average molecular weight is 359 g/mol. The van der Waals surface area contributed by atoms with Crippen LogP contribution in [0.15, 0.2) is 29.2 Å². The Morgan fingerprint density at radius 1 is 1.30 bits per heavy atom. The number of carbonyl (C=O) groups excluding carboxylic acids is 1. The molecule has 1 N–H and O–H groups in total. The molecule has 0 aliphatic carbocycles. The lowest BCUT2D eigenvalue weighted by molar-refractivity contribution is -0.132. The van der Waals surface area contributed by atoms with E-state index in [1.54, 1.807) is 12.1 Å². The minimum atomic E-state index is -0.205. The van der Waals surface area contributed by atoms with Crippen LogP contribution in [0.5, 0.6) is 0 Å². The van der Waals surface area contributed by atoms with Gasteiger partial charge in [-0.05, 0) is 37.8 Å². The third-order valence-electron chi connectivity index (χ3n) is 4.80. The Morgan fingerprint density at radius 3 is 2.61 bits per heavy atom. The summed E-state index contributed by atoms with van der Waals surface area (Å²) in [6.07, 6.45) is 5.09. The maximum Gasteiger partial charge on any atom is 0.223 e. The van der Waals surface area contributed by atoms with E-state index in [2.05, 4.69) is 5.32 Å². The molecule has 6 heteroatoms. The minimum Gasteiger partial charge on any atom is -0.343 e. The van der Waals surface area contributed by atoms with Crippen molar-refractivity contribution in [3.05, 3.63) is 30.1 Å². The number of rotatable bonds is 5. The van der Waals surface area contributed by atoms with Crippen molar-refractivity contribution in [2.24, 2.45) is 0 Å². The van der Waals surface area contributed by atoms with Gasteiger partial charge in [0.15, 0.2) is 0 Å². The smallest absolute Gasteiger partial charge is 0.223 e. The van der Waals surface area contributed by atoms with Crippen LogP contribution in [0, 0.1) is 5.82 Å². The van der Waals surface area contributed by atoms with Gasteiger partial charge in [0.1, 0.15) is 5.82 Å². The van der Waals surface area contributed by atoms with E-state index in [1.807, 2.05) is 18.0 Å². The van der Waals surface area contributed by atoms with E-state index in [0.717, 1.165) is 12.8 Å². The Kier molecular flexibility index (Phi) is 6.74. The quantitative estimate of drug-likeness (QED) is 0.818. The average Bonchev–Trinajstić information content (AvgIpc) is 2.86. The molecule has 1 amide bonds. The first kappa shape index (κ1) is 18.6. The predicted molar refractivity (Wildman–Crippen MR) is 94.7 cm³/mol. The topological polar surface area (TPSA) is 32.3 Å². The number of hydrogen-bond donors (Lipinski definition) is 1. The molecule has 0 spiro atoms. The van der Waals surface area contributed by atoms with Crippen molar-refractivity contribution in [2.75, 3.05) is 12.8 Å². The van der Waals surface area contributed by atoms with Crippen LogP contribution in [0.25, 0.3) is 0 Å². The largest absolute Gasteiger partial charge is 0.343 e. The van der Waals surface area contributed by atoms with Crippen LogP contribution in [0.2, 0.25) is 0 Å². The zero-order chi connectivity index (χ0) is 15.5. The molecule has 128 valence electrons. The van der Waals surface area contributed by atoms with Crippen molar-refractivity contribution in [1.82, 2.24) is 10.2 Å². The summed E-state index contributed by atoms with van der Waals surface area (Å²) < 4.78 is 13.5. The number of thioether (sulfide) groups is 1. The highest BCUT2D eigenvalue weighted by Gasteiger charge is 2.36. The van der Waals surface area contributed by atoms with Crippen LogP contribution in [-0.2, 0) is 4.79 Å². The molecular weight excluding hydrogens is 335 g/mol. The first-order chi connectivity index (χ1) is 10.6. The minimum absolute atomic E-state index is 0. The molecular formula is C17H24ClFN2OS. The van der Waals surface area contributed by atoms with Gasteiger partial charge in [0.25, 0.3) is 0 Å².